The molecule has 2 aliphatic rings. The first kappa shape index (κ1) is 55.7. The summed E-state index contributed by atoms with van der Waals surface area (Å²) < 4.78 is 95.8. The molecule has 0 saturated heterocycles. The number of carbonyl (C=O) groups excluding carboxylic acids is 4. The molecule has 1 spiro atoms. The summed E-state index contributed by atoms with van der Waals surface area (Å²) in [6.45, 7) is 10.8. The molecule has 2 atom stereocenters. The Hall–Kier alpha value is -5.27. The van der Waals surface area contributed by atoms with Gasteiger partial charge < -0.3 is 57.3 Å². The molecule has 5 rings (SSSR count). The third-order valence-corrected chi connectivity index (χ3v) is 13.0. The van der Waals surface area contributed by atoms with Gasteiger partial charge in [0.1, 0.15) is 11.5 Å². The second-order valence-corrected chi connectivity index (χ2v) is 17.8. The zero-order valence-electron chi connectivity index (χ0n) is 40.4. The van der Waals surface area contributed by atoms with Gasteiger partial charge in [-0.25, -0.2) is 9.46 Å². The molecular weight excluding hydrogens is 943 g/mol. The molecular formula is C48H61F3N5O13P. The van der Waals surface area contributed by atoms with Gasteiger partial charge in [0.05, 0.1) is 84.1 Å². The van der Waals surface area contributed by atoms with Crippen molar-refractivity contribution in [1.82, 2.24) is 9.99 Å². The van der Waals surface area contributed by atoms with Crippen LogP contribution < -0.4 is 19.9 Å². The number of hydrogen-bond donors (Lipinski definition) is 1. The smallest absolute Gasteiger partial charge is 0.456 e. The first-order valence-electron chi connectivity index (χ1n) is 22.7. The first-order valence-corrected chi connectivity index (χ1v) is 23.8. The molecule has 0 saturated carbocycles. The minimum Gasteiger partial charge on any atom is -0.456 e. The van der Waals surface area contributed by atoms with Gasteiger partial charge in [-0.15, -0.1) is 0 Å². The number of methoxy groups -OCH3 is 2. The van der Waals surface area contributed by atoms with E-state index in [1.807, 2.05) is 27.7 Å². The maximum Gasteiger partial charge on any atom is 0.471 e. The van der Waals surface area contributed by atoms with Crippen molar-refractivity contribution in [2.24, 2.45) is 0 Å². The third-order valence-electron chi connectivity index (χ3n) is 10.9. The summed E-state index contributed by atoms with van der Waals surface area (Å²) in [6, 6.07) is 15.5. The molecule has 18 nitrogen and oxygen atoms in total. The van der Waals surface area contributed by atoms with E-state index < -0.39 is 44.6 Å². The predicted molar refractivity (Wildman–Crippen MR) is 251 cm³/mol. The number of anilines is 2. The van der Waals surface area contributed by atoms with E-state index in [0.717, 1.165) is 0 Å². The van der Waals surface area contributed by atoms with E-state index in [4.69, 9.17) is 47.5 Å². The van der Waals surface area contributed by atoms with Crippen molar-refractivity contribution < 1.29 is 74.6 Å². The fraction of sp³-hybridized carbons (Fsp3) is 0.521. The summed E-state index contributed by atoms with van der Waals surface area (Å²) in [5.41, 5.74) is -0.690. The van der Waals surface area contributed by atoms with Crippen LogP contribution in [0.15, 0.2) is 54.6 Å². The van der Waals surface area contributed by atoms with Gasteiger partial charge in [-0.05, 0) is 70.2 Å². The van der Waals surface area contributed by atoms with Crippen LogP contribution in [0.1, 0.15) is 78.4 Å². The number of rotatable bonds is 28. The number of esters is 1. The zero-order valence-corrected chi connectivity index (χ0v) is 41.3. The second kappa shape index (κ2) is 26.3. The lowest BCUT2D eigenvalue weighted by molar-refractivity contribution is -0.170. The Labute approximate surface area is 407 Å². The maximum atomic E-state index is 14.1. The van der Waals surface area contributed by atoms with Crippen LogP contribution in [0.3, 0.4) is 0 Å². The number of nitriles is 1. The minimum atomic E-state index is -5.26. The van der Waals surface area contributed by atoms with E-state index in [0.29, 0.717) is 17.2 Å². The van der Waals surface area contributed by atoms with Gasteiger partial charge in [0.25, 0.3) is 14.4 Å². The molecule has 2 heterocycles. The Morgan fingerprint density at radius 3 is 1.86 bits per heavy atom. The predicted octanol–water partition coefficient (Wildman–Crippen LogP) is 6.87. The van der Waals surface area contributed by atoms with Crippen molar-refractivity contribution >= 4 is 43.6 Å². The molecule has 3 aromatic carbocycles. The van der Waals surface area contributed by atoms with E-state index in [9.17, 15) is 32.3 Å². The number of benzene rings is 3. The Morgan fingerprint density at radius 1 is 0.743 bits per heavy atom. The van der Waals surface area contributed by atoms with E-state index in [2.05, 4.69) is 16.1 Å². The van der Waals surface area contributed by atoms with Gasteiger partial charge >= 0.3 is 18.1 Å². The highest BCUT2D eigenvalue weighted by molar-refractivity contribution is 7.44. The highest BCUT2D eigenvalue weighted by atomic mass is 31.2. The molecule has 2 unspecified atom stereocenters. The largest absolute Gasteiger partial charge is 0.471 e. The van der Waals surface area contributed by atoms with Crippen molar-refractivity contribution in [3.8, 4) is 17.6 Å². The van der Waals surface area contributed by atoms with Crippen LogP contribution in [0, 0.1) is 11.3 Å². The topological polar surface area (TPSA) is 197 Å². The molecule has 70 heavy (non-hydrogen) atoms. The van der Waals surface area contributed by atoms with Gasteiger partial charge in [0.2, 0.25) is 5.91 Å². The molecule has 382 valence electrons. The van der Waals surface area contributed by atoms with Crippen LogP contribution in [0.2, 0.25) is 0 Å². The number of hydrogen-bond acceptors (Lipinski definition) is 15. The Morgan fingerprint density at radius 2 is 1.30 bits per heavy atom. The van der Waals surface area contributed by atoms with Gasteiger partial charge in [-0.2, -0.15) is 18.4 Å². The van der Waals surface area contributed by atoms with Gasteiger partial charge in [-0.1, -0.05) is 0 Å². The molecule has 1 N–H and O–H groups in total. The number of ether oxygens (including phenoxy) is 7. The zero-order chi connectivity index (χ0) is 51.0. The number of amides is 3. The highest BCUT2D eigenvalue weighted by Crippen LogP contribution is 2.57. The molecule has 3 amide bonds. The molecule has 3 aromatic rings. The molecule has 0 radical (unpaired) electrons. The van der Waals surface area contributed by atoms with E-state index in [1.165, 1.54) is 68.5 Å². The van der Waals surface area contributed by atoms with Crippen LogP contribution in [0.5, 0.6) is 11.5 Å². The first-order chi connectivity index (χ1) is 33.5. The van der Waals surface area contributed by atoms with E-state index >= 15 is 0 Å². The van der Waals surface area contributed by atoms with E-state index in [1.54, 1.807) is 12.1 Å². The lowest BCUT2D eigenvalue weighted by Crippen LogP contribution is -2.43. The van der Waals surface area contributed by atoms with Crippen LogP contribution in [0.25, 0.3) is 0 Å². The molecule has 22 heteroatoms. The number of nitrogens with one attached hydrogen (secondary N) is 1. The molecule has 0 fully saturated rings. The standard InChI is InChI=1S/C48H61F3N5O13P/c1-32(2)56(33(3)4)70(66-19-8-15-52)67-28-27-63-20-16-53-44(58)35-9-12-38-41(29-35)47(69-45(38)59)39-13-10-36(54(34(5)57)17-21-64-25-23-61-6)30-42(39)68-43-31-37(11-14-40(43)47)55(46(60)48(49,50)51)18-22-65-26-24-62-7/h9-14,29-33H,8,16-28H2,1-7H3,(H,53,58). The summed E-state index contributed by atoms with van der Waals surface area (Å²) in [5, 5.41) is 11.8. The van der Waals surface area contributed by atoms with Crippen molar-refractivity contribution in [2.75, 3.05) is 110 Å². The summed E-state index contributed by atoms with van der Waals surface area (Å²) in [6.07, 6.45) is -5.03. The Kier molecular flexibility index (Phi) is 20.9. The summed E-state index contributed by atoms with van der Waals surface area (Å²) in [7, 11) is 1.52. The lowest BCUT2D eigenvalue weighted by atomic mass is 9.77. The number of nitrogens with zero attached hydrogens (tertiary/aromatic N) is 4. The van der Waals surface area contributed by atoms with Crippen molar-refractivity contribution in [3.05, 3.63) is 82.4 Å². The normalized spacial score (nSPS) is 15.3. The lowest BCUT2D eigenvalue weighted by Gasteiger charge is -2.38. The highest BCUT2D eigenvalue weighted by Gasteiger charge is 2.54. The van der Waals surface area contributed by atoms with E-state index in [-0.39, 0.29) is 142 Å². The second-order valence-electron chi connectivity index (χ2n) is 16.4. The number of fused-ring (bicyclic) bond motifs is 6. The average molecular weight is 1000 g/mol. The van der Waals surface area contributed by atoms with Crippen LogP contribution in [0.4, 0.5) is 24.5 Å². The molecule has 2 aliphatic heterocycles. The summed E-state index contributed by atoms with van der Waals surface area (Å²) >= 11 is 0. The minimum absolute atomic E-state index is 0.0706. The fourth-order valence-corrected chi connectivity index (χ4v) is 9.45. The Balaban J connectivity index is 1.45. The number of carbonyl (C=O) groups is 4. The number of alkyl halides is 3. The Bertz CT molecular complexity index is 2310. The third kappa shape index (κ3) is 13.8. The summed E-state index contributed by atoms with van der Waals surface area (Å²) in [4.78, 5) is 55.5. The van der Waals surface area contributed by atoms with Crippen LogP contribution in [-0.4, -0.2) is 147 Å². The molecule has 0 bridgehead atoms. The summed E-state index contributed by atoms with van der Waals surface area (Å²) in [5.74, 6) is -3.75. The van der Waals surface area contributed by atoms with Gasteiger partial charge in [0, 0.05) is 98.6 Å². The van der Waals surface area contributed by atoms with Crippen molar-refractivity contribution in [2.45, 2.75) is 64.9 Å². The van der Waals surface area contributed by atoms with Crippen molar-refractivity contribution in [3.63, 3.8) is 0 Å². The SMILES string of the molecule is COCCOCCN(C(C)=O)c1ccc2c(c1)Oc1cc(N(CCOCCOC)C(=O)C(F)(F)F)ccc1C21OC(=O)c2ccc(C(=O)NCCOCCOP(OCCC#N)N(C(C)C)C(C)C)cc21. The van der Waals surface area contributed by atoms with Gasteiger partial charge in [0.15, 0.2) is 5.60 Å². The number of halogens is 3. The quantitative estimate of drug-likeness (QED) is 0.0449. The average Bonchev–Trinajstić information content (AvgIpc) is 3.60. The fourth-order valence-electron chi connectivity index (χ4n) is 7.87. The maximum absolute atomic E-state index is 14.1. The molecule has 0 aromatic heterocycles. The van der Waals surface area contributed by atoms with Crippen LogP contribution in [-0.2, 0) is 52.7 Å². The van der Waals surface area contributed by atoms with Crippen molar-refractivity contribution in [1.29, 1.82) is 5.26 Å². The molecule has 0 aliphatic carbocycles. The van der Waals surface area contributed by atoms with Crippen LogP contribution >= 0.6 is 8.53 Å². The van der Waals surface area contributed by atoms with Gasteiger partial charge in [-0.3, -0.25) is 14.4 Å². The monoisotopic (exact) mass is 1000 g/mol.